The Morgan fingerprint density at radius 1 is 1.12 bits per heavy atom. The topological polar surface area (TPSA) is 69.4 Å². The molecule has 0 radical (unpaired) electrons. The summed E-state index contributed by atoms with van der Waals surface area (Å²) in [6.07, 6.45) is 3.33. The minimum Gasteiger partial charge on any atom is -0.247 e. The van der Waals surface area contributed by atoms with Gasteiger partial charge in [-0.15, -0.1) is 0 Å². The second kappa shape index (κ2) is 4.16. The van der Waals surface area contributed by atoms with Crippen LogP contribution in [0.2, 0.25) is 0 Å². The van der Waals surface area contributed by atoms with Crippen LogP contribution in [0.3, 0.4) is 0 Å². The van der Waals surface area contributed by atoms with Gasteiger partial charge in [0.25, 0.3) is 0 Å². The van der Waals surface area contributed by atoms with E-state index in [-0.39, 0.29) is 0 Å². The standard InChI is InChI=1S/C11H15NO3S/c12-16(13,14)15-11(8-4-5-9-11)10-6-2-1-3-7-10/h1-3,6-7H,4-5,8-9H2,(H2,12,13,14). The maximum atomic E-state index is 11.1. The molecule has 0 atom stereocenters. The zero-order valence-electron chi connectivity index (χ0n) is 8.93. The Morgan fingerprint density at radius 3 is 2.19 bits per heavy atom. The minimum absolute atomic E-state index is 0.702. The van der Waals surface area contributed by atoms with Gasteiger partial charge in [0, 0.05) is 0 Å². The van der Waals surface area contributed by atoms with Gasteiger partial charge in [-0.1, -0.05) is 43.2 Å². The van der Waals surface area contributed by atoms with Crippen molar-refractivity contribution in [2.75, 3.05) is 0 Å². The fraction of sp³-hybridized carbons (Fsp3) is 0.455. The van der Waals surface area contributed by atoms with Gasteiger partial charge in [-0.05, 0) is 18.4 Å². The third-order valence-electron chi connectivity index (χ3n) is 2.99. The number of hydrogen-bond donors (Lipinski definition) is 1. The summed E-state index contributed by atoms with van der Waals surface area (Å²) < 4.78 is 27.4. The van der Waals surface area contributed by atoms with E-state index in [1.165, 1.54) is 0 Å². The van der Waals surface area contributed by atoms with E-state index >= 15 is 0 Å². The van der Waals surface area contributed by atoms with E-state index in [4.69, 9.17) is 9.32 Å². The lowest BCUT2D eigenvalue weighted by Crippen LogP contribution is -2.32. The van der Waals surface area contributed by atoms with E-state index in [1.54, 1.807) is 0 Å². The van der Waals surface area contributed by atoms with Crippen molar-refractivity contribution in [3.05, 3.63) is 35.9 Å². The molecule has 0 unspecified atom stereocenters. The monoisotopic (exact) mass is 241 g/mol. The summed E-state index contributed by atoms with van der Waals surface area (Å²) in [5.74, 6) is 0. The molecule has 1 aliphatic rings. The first-order valence-electron chi connectivity index (χ1n) is 5.31. The predicted octanol–water partition coefficient (Wildman–Crippen LogP) is 1.68. The molecule has 0 heterocycles. The van der Waals surface area contributed by atoms with Crippen LogP contribution in [-0.4, -0.2) is 8.42 Å². The number of hydrogen-bond acceptors (Lipinski definition) is 3. The molecule has 0 spiro atoms. The molecular formula is C11H15NO3S. The van der Waals surface area contributed by atoms with Crippen LogP contribution in [0.1, 0.15) is 31.2 Å². The number of rotatable bonds is 3. The Kier molecular flexibility index (Phi) is 3.01. The normalized spacial score (nSPS) is 19.8. The highest BCUT2D eigenvalue weighted by molar-refractivity contribution is 7.84. The SMILES string of the molecule is NS(=O)(=O)OC1(c2ccccc2)CCCC1. The third kappa shape index (κ3) is 2.42. The summed E-state index contributed by atoms with van der Waals surface area (Å²) in [7, 11) is -3.91. The first-order chi connectivity index (χ1) is 7.52. The molecule has 1 aromatic rings. The molecule has 16 heavy (non-hydrogen) atoms. The van der Waals surface area contributed by atoms with Gasteiger partial charge in [0.2, 0.25) is 0 Å². The highest BCUT2D eigenvalue weighted by Gasteiger charge is 2.40. The van der Waals surface area contributed by atoms with Crippen LogP contribution in [-0.2, 0) is 20.1 Å². The summed E-state index contributed by atoms with van der Waals surface area (Å²) in [5, 5.41) is 4.99. The molecule has 0 aromatic heterocycles. The van der Waals surface area contributed by atoms with Crippen LogP contribution in [0.4, 0.5) is 0 Å². The van der Waals surface area contributed by atoms with Crippen molar-refractivity contribution in [2.24, 2.45) is 5.14 Å². The molecule has 1 fully saturated rings. The van der Waals surface area contributed by atoms with Crippen molar-refractivity contribution in [1.29, 1.82) is 0 Å². The summed E-state index contributed by atoms with van der Waals surface area (Å²) >= 11 is 0. The van der Waals surface area contributed by atoms with Crippen LogP contribution in [0, 0.1) is 0 Å². The molecule has 0 aliphatic heterocycles. The molecule has 5 heteroatoms. The lowest BCUT2D eigenvalue weighted by molar-refractivity contribution is 0.0824. The summed E-state index contributed by atoms with van der Waals surface area (Å²) in [6.45, 7) is 0. The van der Waals surface area contributed by atoms with Gasteiger partial charge in [0.1, 0.15) is 5.60 Å². The van der Waals surface area contributed by atoms with Crippen molar-refractivity contribution in [2.45, 2.75) is 31.3 Å². The van der Waals surface area contributed by atoms with Crippen LogP contribution in [0.25, 0.3) is 0 Å². The molecule has 1 saturated carbocycles. The fourth-order valence-corrected chi connectivity index (χ4v) is 3.04. The van der Waals surface area contributed by atoms with E-state index in [1.807, 2.05) is 30.3 Å². The van der Waals surface area contributed by atoms with Crippen LogP contribution in [0.15, 0.2) is 30.3 Å². The van der Waals surface area contributed by atoms with E-state index in [9.17, 15) is 8.42 Å². The average molecular weight is 241 g/mol. The molecule has 88 valence electrons. The van der Waals surface area contributed by atoms with Crippen LogP contribution >= 0.6 is 0 Å². The Balaban J connectivity index is 2.37. The first-order valence-corrected chi connectivity index (χ1v) is 6.78. The minimum atomic E-state index is -3.91. The van der Waals surface area contributed by atoms with Crippen molar-refractivity contribution < 1.29 is 12.6 Å². The number of benzene rings is 1. The van der Waals surface area contributed by atoms with Crippen LogP contribution in [0.5, 0.6) is 0 Å². The molecule has 1 aromatic carbocycles. The summed E-state index contributed by atoms with van der Waals surface area (Å²) in [5.41, 5.74) is 0.149. The molecule has 2 N–H and O–H groups in total. The number of nitrogens with two attached hydrogens (primary N) is 1. The van der Waals surface area contributed by atoms with E-state index < -0.39 is 15.9 Å². The Labute approximate surface area is 95.7 Å². The highest BCUT2D eigenvalue weighted by atomic mass is 32.2. The Morgan fingerprint density at radius 2 is 1.69 bits per heavy atom. The highest BCUT2D eigenvalue weighted by Crippen LogP contribution is 2.42. The molecule has 2 rings (SSSR count). The van der Waals surface area contributed by atoms with Gasteiger partial charge in [-0.25, -0.2) is 9.32 Å². The molecule has 0 saturated heterocycles. The van der Waals surface area contributed by atoms with E-state index in [0.29, 0.717) is 12.8 Å². The molecular weight excluding hydrogens is 226 g/mol. The quantitative estimate of drug-likeness (QED) is 0.875. The maximum absolute atomic E-state index is 11.1. The summed E-state index contributed by atoms with van der Waals surface area (Å²) in [6, 6.07) is 9.42. The summed E-state index contributed by atoms with van der Waals surface area (Å²) in [4.78, 5) is 0. The van der Waals surface area contributed by atoms with Gasteiger partial charge in [0.15, 0.2) is 0 Å². The van der Waals surface area contributed by atoms with E-state index in [0.717, 1.165) is 18.4 Å². The average Bonchev–Trinajstić information content (AvgIpc) is 2.66. The molecule has 4 nitrogen and oxygen atoms in total. The van der Waals surface area contributed by atoms with Crippen molar-refractivity contribution in [1.82, 2.24) is 0 Å². The zero-order chi connectivity index (χ0) is 11.6. The Hall–Kier alpha value is -0.910. The van der Waals surface area contributed by atoms with Crippen molar-refractivity contribution in [3.63, 3.8) is 0 Å². The zero-order valence-corrected chi connectivity index (χ0v) is 9.74. The van der Waals surface area contributed by atoms with Gasteiger partial charge in [-0.2, -0.15) is 8.42 Å². The first kappa shape index (κ1) is 11.6. The smallest absolute Gasteiger partial charge is 0.247 e. The molecule has 0 amide bonds. The van der Waals surface area contributed by atoms with E-state index in [2.05, 4.69) is 0 Å². The maximum Gasteiger partial charge on any atom is 0.334 e. The van der Waals surface area contributed by atoms with Gasteiger partial charge >= 0.3 is 10.3 Å². The van der Waals surface area contributed by atoms with Gasteiger partial charge in [-0.3, -0.25) is 0 Å². The molecule has 1 aliphatic carbocycles. The largest absolute Gasteiger partial charge is 0.334 e. The lowest BCUT2D eigenvalue weighted by Gasteiger charge is -2.27. The van der Waals surface area contributed by atoms with Crippen molar-refractivity contribution in [3.8, 4) is 0 Å². The Bertz CT molecular complexity index is 449. The fourth-order valence-electron chi connectivity index (χ4n) is 2.33. The third-order valence-corrected chi connectivity index (χ3v) is 3.54. The van der Waals surface area contributed by atoms with Gasteiger partial charge in [0.05, 0.1) is 0 Å². The van der Waals surface area contributed by atoms with Crippen LogP contribution < -0.4 is 5.14 Å². The predicted molar refractivity (Wildman–Crippen MR) is 60.8 cm³/mol. The molecule has 0 bridgehead atoms. The van der Waals surface area contributed by atoms with Crippen molar-refractivity contribution >= 4 is 10.3 Å². The second-order valence-electron chi connectivity index (χ2n) is 4.14. The lowest BCUT2D eigenvalue weighted by atomic mass is 9.92. The second-order valence-corrected chi connectivity index (χ2v) is 5.30. The van der Waals surface area contributed by atoms with Gasteiger partial charge < -0.3 is 0 Å².